The second kappa shape index (κ2) is 6.63. The lowest BCUT2D eigenvalue weighted by molar-refractivity contribution is 0.297. The summed E-state index contributed by atoms with van der Waals surface area (Å²) in [5.74, 6) is 1.59. The first-order valence-electron chi connectivity index (χ1n) is 6.96. The molecule has 1 heterocycles. The second-order valence-corrected chi connectivity index (χ2v) is 6.15. The van der Waals surface area contributed by atoms with E-state index in [0.717, 1.165) is 29.0 Å². The van der Waals surface area contributed by atoms with Crippen molar-refractivity contribution in [3.05, 3.63) is 53.6 Å². The van der Waals surface area contributed by atoms with E-state index in [1.807, 2.05) is 30.3 Å². The fourth-order valence-electron chi connectivity index (χ4n) is 2.39. The first-order valence-corrected chi connectivity index (χ1v) is 8.62. The average molecular weight is 321 g/mol. The molecule has 1 atom stereocenters. The van der Waals surface area contributed by atoms with Gasteiger partial charge in [0.15, 0.2) is 11.5 Å². The Morgan fingerprint density at radius 1 is 1.05 bits per heavy atom. The summed E-state index contributed by atoms with van der Waals surface area (Å²) in [6.07, 6.45) is 2.97. The maximum Gasteiger partial charge on any atom is 0.161 e. The molecule has 1 aliphatic heterocycles. The van der Waals surface area contributed by atoms with Crippen LogP contribution < -0.4 is 9.47 Å². The smallest absolute Gasteiger partial charge is 0.161 e. The van der Waals surface area contributed by atoms with Crippen molar-refractivity contribution in [2.75, 3.05) is 19.5 Å². The maximum absolute atomic E-state index is 6.69. The number of hydrogen-bond acceptors (Lipinski definition) is 3. The summed E-state index contributed by atoms with van der Waals surface area (Å²) in [6.45, 7) is 1.39. The maximum atomic E-state index is 6.69. The van der Waals surface area contributed by atoms with Gasteiger partial charge in [-0.05, 0) is 35.6 Å². The average Bonchev–Trinajstić information content (AvgIpc) is 2.78. The predicted octanol–water partition coefficient (Wildman–Crippen LogP) is 4.90. The van der Waals surface area contributed by atoms with Crippen molar-refractivity contribution in [1.29, 1.82) is 0 Å². The number of fused-ring (bicyclic) bond motifs is 1. The molecule has 110 valence electrons. The van der Waals surface area contributed by atoms with Crippen LogP contribution in [-0.4, -0.2) is 19.5 Å². The highest BCUT2D eigenvalue weighted by Gasteiger charge is 2.18. The molecule has 4 heteroatoms. The van der Waals surface area contributed by atoms with E-state index in [9.17, 15) is 0 Å². The van der Waals surface area contributed by atoms with Gasteiger partial charge < -0.3 is 9.47 Å². The van der Waals surface area contributed by atoms with Crippen molar-refractivity contribution in [3.8, 4) is 11.5 Å². The predicted molar refractivity (Wildman–Crippen MR) is 88.0 cm³/mol. The molecule has 0 radical (unpaired) electrons. The van der Waals surface area contributed by atoms with Crippen molar-refractivity contribution < 1.29 is 9.47 Å². The Morgan fingerprint density at radius 2 is 1.81 bits per heavy atom. The molecule has 0 spiro atoms. The SMILES string of the molecule is CSc1ccccc1C(Cl)c1ccc2c(c1)OCCCO2. The van der Waals surface area contributed by atoms with Gasteiger partial charge >= 0.3 is 0 Å². The first-order chi connectivity index (χ1) is 10.3. The summed E-state index contributed by atoms with van der Waals surface area (Å²) in [6, 6.07) is 14.2. The molecule has 0 N–H and O–H groups in total. The third kappa shape index (κ3) is 3.14. The Morgan fingerprint density at radius 3 is 2.62 bits per heavy atom. The van der Waals surface area contributed by atoms with Crippen molar-refractivity contribution in [3.63, 3.8) is 0 Å². The Labute approximate surface area is 134 Å². The van der Waals surface area contributed by atoms with Crippen LogP contribution in [0.4, 0.5) is 0 Å². The minimum atomic E-state index is -0.189. The second-order valence-electron chi connectivity index (χ2n) is 4.86. The lowest BCUT2D eigenvalue weighted by Gasteiger charge is -2.16. The van der Waals surface area contributed by atoms with Crippen LogP contribution in [-0.2, 0) is 0 Å². The molecule has 21 heavy (non-hydrogen) atoms. The van der Waals surface area contributed by atoms with Crippen LogP contribution in [0.1, 0.15) is 22.9 Å². The van der Waals surface area contributed by atoms with E-state index in [1.54, 1.807) is 11.8 Å². The number of thioether (sulfide) groups is 1. The van der Waals surface area contributed by atoms with E-state index in [1.165, 1.54) is 4.90 Å². The van der Waals surface area contributed by atoms with Crippen LogP contribution in [0.3, 0.4) is 0 Å². The topological polar surface area (TPSA) is 18.5 Å². The minimum Gasteiger partial charge on any atom is -0.490 e. The molecule has 0 amide bonds. The molecule has 0 bridgehead atoms. The summed E-state index contributed by atoms with van der Waals surface area (Å²) in [4.78, 5) is 1.20. The number of halogens is 1. The highest BCUT2D eigenvalue weighted by molar-refractivity contribution is 7.98. The van der Waals surface area contributed by atoms with Gasteiger partial charge in [-0.3, -0.25) is 0 Å². The fraction of sp³-hybridized carbons (Fsp3) is 0.294. The van der Waals surface area contributed by atoms with Gasteiger partial charge in [-0.25, -0.2) is 0 Å². The third-order valence-electron chi connectivity index (χ3n) is 3.48. The number of hydrogen-bond donors (Lipinski definition) is 0. The third-order valence-corrected chi connectivity index (χ3v) is 4.77. The Kier molecular flexibility index (Phi) is 4.61. The van der Waals surface area contributed by atoms with Gasteiger partial charge in [-0.1, -0.05) is 24.3 Å². The van der Waals surface area contributed by atoms with E-state index >= 15 is 0 Å². The van der Waals surface area contributed by atoms with E-state index in [2.05, 4.69) is 18.4 Å². The molecule has 0 aliphatic carbocycles. The summed E-state index contributed by atoms with van der Waals surface area (Å²) in [5, 5.41) is -0.189. The van der Waals surface area contributed by atoms with Gasteiger partial charge in [0.25, 0.3) is 0 Å². The van der Waals surface area contributed by atoms with Gasteiger partial charge in [0.1, 0.15) is 0 Å². The van der Waals surface area contributed by atoms with Gasteiger partial charge in [-0.2, -0.15) is 0 Å². The summed E-state index contributed by atoms with van der Waals surface area (Å²) < 4.78 is 11.4. The number of benzene rings is 2. The lowest BCUT2D eigenvalue weighted by atomic mass is 10.0. The fourth-order valence-corrected chi connectivity index (χ4v) is 3.42. The van der Waals surface area contributed by atoms with Crippen molar-refractivity contribution in [2.45, 2.75) is 16.7 Å². The Bertz CT molecular complexity index is 630. The van der Waals surface area contributed by atoms with Gasteiger partial charge in [0.05, 0.1) is 18.6 Å². The minimum absolute atomic E-state index is 0.189. The van der Waals surface area contributed by atoms with Crippen molar-refractivity contribution in [1.82, 2.24) is 0 Å². The van der Waals surface area contributed by atoms with Crippen LogP contribution in [0.25, 0.3) is 0 Å². The molecule has 3 rings (SSSR count). The van der Waals surface area contributed by atoms with Crippen LogP contribution in [0, 0.1) is 0 Å². The van der Waals surface area contributed by atoms with E-state index < -0.39 is 0 Å². The normalized spacial score (nSPS) is 15.3. The largest absolute Gasteiger partial charge is 0.490 e. The van der Waals surface area contributed by atoms with Crippen LogP contribution in [0.5, 0.6) is 11.5 Å². The standard InChI is InChI=1S/C17H17ClO2S/c1-21-16-6-3-2-5-13(16)17(18)12-7-8-14-15(11-12)20-10-4-9-19-14/h2-3,5-8,11,17H,4,9-10H2,1H3. The van der Waals surface area contributed by atoms with Crippen molar-refractivity contribution >= 4 is 23.4 Å². The summed E-state index contributed by atoms with van der Waals surface area (Å²) >= 11 is 8.40. The Hall–Kier alpha value is -1.32. The number of alkyl halides is 1. The summed E-state index contributed by atoms with van der Waals surface area (Å²) in [7, 11) is 0. The zero-order valence-electron chi connectivity index (χ0n) is 11.8. The highest BCUT2D eigenvalue weighted by atomic mass is 35.5. The van der Waals surface area contributed by atoms with Crippen LogP contribution >= 0.6 is 23.4 Å². The molecule has 1 unspecified atom stereocenters. The Balaban J connectivity index is 1.94. The molecule has 0 fully saturated rings. The molecule has 0 aromatic heterocycles. The van der Waals surface area contributed by atoms with Crippen LogP contribution in [0.15, 0.2) is 47.4 Å². The molecule has 0 saturated carbocycles. The van der Waals surface area contributed by atoms with E-state index in [4.69, 9.17) is 21.1 Å². The first kappa shape index (κ1) is 14.6. The van der Waals surface area contributed by atoms with E-state index in [-0.39, 0.29) is 5.38 Å². The summed E-state index contributed by atoms with van der Waals surface area (Å²) in [5.41, 5.74) is 2.16. The van der Waals surface area contributed by atoms with Gasteiger partial charge in [0.2, 0.25) is 0 Å². The molecule has 2 aromatic carbocycles. The van der Waals surface area contributed by atoms with Gasteiger partial charge in [-0.15, -0.1) is 23.4 Å². The molecule has 0 saturated heterocycles. The molecule has 2 aromatic rings. The number of rotatable bonds is 3. The lowest BCUT2D eigenvalue weighted by Crippen LogP contribution is -1.98. The highest BCUT2D eigenvalue weighted by Crippen LogP contribution is 2.39. The molecular weight excluding hydrogens is 304 g/mol. The quantitative estimate of drug-likeness (QED) is 0.592. The molecular formula is C17H17ClO2S. The zero-order chi connectivity index (χ0) is 14.7. The monoisotopic (exact) mass is 320 g/mol. The molecule has 2 nitrogen and oxygen atoms in total. The number of ether oxygens (including phenoxy) is 2. The molecule has 1 aliphatic rings. The van der Waals surface area contributed by atoms with Crippen LogP contribution in [0.2, 0.25) is 0 Å². The van der Waals surface area contributed by atoms with Gasteiger partial charge in [0, 0.05) is 11.3 Å². The van der Waals surface area contributed by atoms with Crippen molar-refractivity contribution in [2.24, 2.45) is 0 Å². The zero-order valence-corrected chi connectivity index (χ0v) is 13.4. The van der Waals surface area contributed by atoms with E-state index in [0.29, 0.717) is 13.2 Å².